The molecule has 29 heavy (non-hydrogen) atoms. The third-order valence-electron chi connectivity index (χ3n) is 4.90. The zero-order valence-electron chi connectivity index (χ0n) is 16.3. The van der Waals surface area contributed by atoms with Gasteiger partial charge in [0.15, 0.2) is 0 Å². The monoisotopic (exact) mass is 417 g/mol. The summed E-state index contributed by atoms with van der Waals surface area (Å²) in [4.78, 5) is 24.2. The number of esters is 1. The SMILES string of the molecule is COC(=O)[C@H](CCS(C)(=O)=O)NC(=O)OCC1c2ccccc2-c2ccccc21. The van der Waals surface area contributed by atoms with Crippen LogP contribution in [-0.4, -0.2) is 52.2 Å². The molecule has 1 atom stereocenters. The van der Waals surface area contributed by atoms with Gasteiger partial charge >= 0.3 is 12.1 Å². The maximum absolute atomic E-state index is 12.3. The number of hydrogen-bond donors (Lipinski definition) is 1. The first-order valence-electron chi connectivity index (χ1n) is 9.17. The molecule has 0 unspecified atom stereocenters. The number of benzene rings is 2. The average Bonchev–Trinajstić information content (AvgIpc) is 3.02. The van der Waals surface area contributed by atoms with Gasteiger partial charge in [0, 0.05) is 12.2 Å². The van der Waals surface area contributed by atoms with Crippen molar-refractivity contribution in [2.24, 2.45) is 0 Å². The van der Waals surface area contributed by atoms with Crippen molar-refractivity contribution < 1.29 is 27.5 Å². The molecule has 3 rings (SSSR count). The molecule has 0 aromatic heterocycles. The molecule has 0 aliphatic heterocycles. The van der Waals surface area contributed by atoms with Gasteiger partial charge < -0.3 is 14.8 Å². The highest BCUT2D eigenvalue weighted by Crippen LogP contribution is 2.44. The molecule has 7 nitrogen and oxygen atoms in total. The van der Waals surface area contributed by atoms with Crippen molar-refractivity contribution in [1.82, 2.24) is 5.32 Å². The lowest BCUT2D eigenvalue weighted by Gasteiger charge is -2.18. The van der Waals surface area contributed by atoms with E-state index in [1.54, 1.807) is 0 Å². The van der Waals surface area contributed by atoms with Gasteiger partial charge in [-0.2, -0.15) is 0 Å². The fraction of sp³-hybridized carbons (Fsp3) is 0.333. The molecule has 1 amide bonds. The summed E-state index contributed by atoms with van der Waals surface area (Å²) in [6.07, 6.45) is 0.181. The van der Waals surface area contributed by atoms with E-state index in [0.29, 0.717) is 0 Å². The third kappa shape index (κ3) is 4.95. The molecule has 154 valence electrons. The summed E-state index contributed by atoms with van der Waals surface area (Å²) in [5.74, 6) is -1.08. The van der Waals surface area contributed by atoms with Crippen LogP contribution in [0.5, 0.6) is 0 Å². The topological polar surface area (TPSA) is 98.8 Å². The van der Waals surface area contributed by atoms with Gasteiger partial charge in [-0.25, -0.2) is 18.0 Å². The largest absolute Gasteiger partial charge is 0.467 e. The van der Waals surface area contributed by atoms with Crippen LogP contribution in [0.15, 0.2) is 48.5 Å². The van der Waals surface area contributed by atoms with E-state index < -0.39 is 27.9 Å². The van der Waals surface area contributed by atoms with E-state index in [4.69, 9.17) is 4.74 Å². The van der Waals surface area contributed by atoms with Crippen molar-refractivity contribution in [1.29, 1.82) is 0 Å². The number of alkyl carbamates (subject to hydrolysis) is 1. The first-order chi connectivity index (χ1) is 13.8. The highest BCUT2D eigenvalue weighted by atomic mass is 32.2. The Bertz CT molecular complexity index is 972. The number of carbonyl (C=O) groups excluding carboxylic acids is 2. The minimum absolute atomic E-state index is 0.0876. The van der Waals surface area contributed by atoms with Crippen LogP contribution in [-0.2, 0) is 24.1 Å². The summed E-state index contributed by atoms with van der Waals surface area (Å²) in [5.41, 5.74) is 4.36. The standard InChI is InChI=1S/C21H23NO6S/c1-27-20(23)19(11-12-29(2,25)26)22-21(24)28-13-18-16-9-5-3-7-14(16)15-8-4-6-10-17(15)18/h3-10,18-19H,11-13H2,1-2H3,(H,22,24)/t19-/m0/s1. The molecule has 2 aromatic rings. The molecule has 1 aliphatic carbocycles. The molecule has 0 heterocycles. The number of methoxy groups -OCH3 is 1. The minimum Gasteiger partial charge on any atom is -0.467 e. The Morgan fingerprint density at radius 1 is 1.03 bits per heavy atom. The lowest BCUT2D eigenvalue weighted by molar-refractivity contribution is -0.143. The van der Waals surface area contributed by atoms with Crippen molar-refractivity contribution in [2.75, 3.05) is 25.7 Å². The van der Waals surface area contributed by atoms with Gasteiger partial charge in [-0.3, -0.25) is 0 Å². The van der Waals surface area contributed by atoms with E-state index in [0.717, 1.165) is 28.5 Å². The summed E-state index contributed by atoms with van der Waals surface area (Å²) >= 11 is 0. The van der Waals surface area contributed by atoms with Gasteiger partial charge in [-0.1, -0.05) is 48.5 Å². The van der Waals surface area contributed by atoms with E-state index in [-0.39, 0.29) is 24.7 Å². The molecule has 8 heteroatoms. The number of amides is 1. The number of sulfone groups is 1. The second kappa shape index (κ2) is 8.65. The van der Waals surface area contributed by atoms with Crippen LogP contribution in [0.3, 0.4) is 0 Å². The van der Waals surface area contributed by atoms with Crippen LogP contribution in [0.1, 0.15) is 23.5 Å². The Balaban J connectivity index is 1.67. The zero-order valence-corrected chi connectivity index (χ0v) is 17.1. The number of carbonyl (C=O) groups is 2. The Morgan fingerprint density at radius 2 is 1.59 bits per heavy atom. The molecule has 2 aromatic carbocycles. The molecule has 1 aliphatic rings. The van der Waals surface area contributed by atoms with Gasteiger partial charge in [-0.15, -0.1) is 0 Å². The number of fused-ring (bicyclic) bond motifs is 3. The van der Waals surface area contributed by atoms with Crippen molar-refractivity contribution in [2.45, 2.75) is 18.4 Å². The molecule has 0 saturated carbocycles. The molecule has 0 spiro atoms. The molecule has 0 saturated heterocycles. The highest BCUT2D eigenvalue weighted by Gasteiger charge is 2.30. The number of rotatable bonds is 7. The maximum Gasteiger partial charge on any atom is 0.407 e. The summed E-state index contributed by atoms with van der Waals surface area (Å²) in [7, 11) is -2.11. The molecule has 1 N–H and O–H groups in total. The predicted octanol–water partition coefficient (Wildman–Crippen LogP) is 2.50. The van der Waals surface area contributed by atoms with Crippen LogP contribution in [0.25, 0.3) is 11.1 Å². The van der Waals surface area contributed by atoms with E-state index in [2.05, 4.69) is 10.1 Å². The predicted molar refractivity (Wildman–Crippen MR) is 108 cm³/mol. The van der Waals surface area contributed by atoms with Crippen molar-refractivity contribution in [3.05, 3.63) is 59.7 Å². The Hall–Kier alpha value is -2.87. The Kier molecular flexibility index (Phi) is 6.22. The second-order valence-corrected chi connectivity index (χ2v) is 9.22. The highest BCUT2D eigenvalue weighted by molar-refractivity contribution is 7.90. The van der Waals surface area contributed by atoms with Gasteiger partial charge in [0.25, 0.3) is 0 Å². The molecular weight excluding hydrogens is 394 g/mol. The minimum atomic E-state index is -3.29. The summed E-state index contributed by atoms with van der Waals surface area (Å²) in [6, 6.07) is 14.8. The van der Waals surface area contributed by atoms with Crippen molar-refractivity contribution in [3.8, 4) is 11.1 Å². The molecule has 0 bridgehead atoms. The molecule has 0 fully saturated rings. The fourth-order valence-corrected chi connectivity index (χ4v) is 4.17. The first kappa shape index (κ1) is 20.9. The number of hydrogen-bond acceptors (Lipinski definition) is 6. The number of ether oxygens (including phenoxy) is 2. The second-order valence-electron chi connectivity index (χ2n) is 6.96. The average molecular weight is 417 g/mol. The Labute approximate surface area is 169 Å². The lowest BCUT2D eigenvalue weighted by atomic mass is 9.98. The fourth-order valence-electron chi connectivity index (χ4n) is 3.51. The maximum atomic E-state index is 12.3. The summed E-state index contributed by atoms with van der Waals surface area (Å²) in [5, 5.41) is 2.41. The van der Waals surface area contributed by atoms with Gasteiger partial charge in [0.1, 0.15) is 22.5 Å². The smallest absolute Gasteiger partial charge is 0.407 e. The van der Waals surface area contributed by atoms with E-state index in [9.17, 15) is 18.0 Å². The normalized spacial score (nSPS) is 13.9. The quantitative estimate of drug-likeness (QED) is 0.695. The lowest BCUT2D eigenvalue weighted by Crippen LogP contribution is -2.43. The third-order valence-corrected chi connectivity index (χ3v) is 5.88. The Morgan fingerprint density at radius 3 is 2.10 bits per heavy atom. The molecule has 0 radical (unpaired) electrons. The van der Waals surface area contributed by atoms with Crippen molar-refractivity contribution in [3.63, 3.8) is 0 Å². The summed E-state index contributed by atoms with van der Waals surface area (Å²) < 4.78 is 32.8. The van der Waals surface area contributed by atoms with Crippen LogP contribution in [0.4, 0.5) is 4.79 Å². The van der Waals surface area contributed by atoms with Gasteiger partial charge in [-0.05, 0) is 28.7 Å². The van der Waals surface area contributed by atoms with Crippen LogP contribution >= 0.6 is 0 Å². The van der Waals surface area contributed by atoms with E-state index >= 15 is 0 Å². The van der Waals surface area contributed by atoms with E-state index in [1.165, 1.54) is 7.11 Å². The van der Waals surface area contributed by atoms with Crippen LogP contribution in [0, 0.1) is 0 Å². The zero-order chi connectivity index (χ0) is 21.0. The summed E-state index contributed by atoms with van der Waals surface area (Å²) in [6.45, 7) is 0.0971. The van der Waals surface area contributed by atoms with E-state index in [1.807, 2.05) is 48.5 Å². The van der Waals surface area contributed by atoms with Crippen LogP contribution < -0.4 is 5.32 Å². The van der Waals surface area contributed by atoms with Gasteiger partial charge in [0.05, 0.1) is 12.9 Å². The first-order valence-corrected chi connectivity index (χ1v) is 11.2. The molecular formula is C21H23NO6S. The van der Waals surface area contributed by atoms with Crippen LogP contribution in [0.2, 0.25) is 0 Å². The number of nitrogens with one attached hydrogen (secondary N) is 1. The van der Waals surface area contributed by atoms with Gasteiger partial charge in [0.2, 0.25) is 0 Å². The van der Waals surface area contributed by atoms with Crippen molar-refractivity contribution >= 4 is 21.9 Å².